The molecule has 0 spiro atoms. The summed E-state index contributed by atoms with van der Waals surface area (Å²) >= 11 is 0. The van der Waals surface area contributed by atoms with Gasteiger partial charge in [-0.1, -0.05) is 0 Å². The number of nitrogens with two attached hydrogens (primary N) is 1. The first-order valence-corrected chi connectivity index (χ1v) is 6.48. The van der Waals surface area contributed by atoms with E-state index in [1.54, 1.807) is 4.90 Å². The van der Waals surface area contributed by atoms with Gasteiger partial charge in [-0.3, -0.25) is 4.79 Å². The van der Waals surface area contributed by atoms with E-state index in [1.807, 2.05) is 0 Å². The molecule has 5 heteroatoms. The van der Waals surface area contributed by atoms with Gasteiger partial charge in [-0.15, -0.1) is 0 Å². The average Bonchev–Trinajstić information content (AvgIpc) is 2.46. The van der Waals surface area contributed by atoms with Crippen LogP contribution < -0.4 is 10.5 Å². The highest BCUT2D eigenvalue weighted by atomic mass is 19.1. The first-order valence-electron chi connectivity index (χ1n) is 6.48. The van der Waals surface area contributed by atoms with Gasteiger partial charge < -0.3 is 15.4 Å². The third-order valence-corrected chi connectivity index (χ3v) is 3.63. The standard InChI is InChI=1S/C14H19FN2O2/c1-19-13-3-2-11(15)8-12(13)14(18)17-6-4-10(9-16)5-7-17/h2-3,8,10H,4-7,9,16H2,1H3. The van der Waals surface area contributed by atoms with Crippen molar-refractivity contribution in [3.05, 3.63) is 29.6 Å². The molecule has 19 heavy (non-hydrogen) atoms. The molecule has 1 aliphatic rings. The van der Waals surface area contributed by atoms with Gasteiger partial charge in [-0.2, -0.15) is 0 Å². The summed E-state index contributed by atoms with van der Waals surface area (Å²) in [5.41, 5.74) is 5.91. The van der Waals surface area contributed by atoms with Gasteiger partial charge >= 0.3 is 0 Å². The number of piperidine rings is 1. The lowest BCUT2D eigenvalue weighted by Crippen LogP contribution is -2.40. The molecule has 4 nitrogen and oxygen atoms in total. The minimum atomic E-state index is -0.430. The van der Waals surface area contributed by atoms with Crippen LogP contribution in [-0.4, -0.2) is 37.6 Å². The van der Waals surface area contributed by atoms with Crippen molar-refractivity contribution < 1.29 is 13.9 Å². The van der Waals surface area contributed by atoms with E-state index in [4.69, 9.17) is 10.5 Å². The lowest BCUT2D eigenvalue weighted by atomic mass is 9.96. The fraction of sp³-hybridized carbons (Fsp3) is 0.500. The van der Waals surface area contributed by atoms with Crippen molar-refractivity contribution in [1.29, 1.82) is 0 Å². The fourth-order valence-electron chi connectivity index (χ4n) is 2.39. The number of halogens is 1. The highest BCUT2D eigenvalue weighted by molar-refractivity contribution is 5.97. The molecule has 1 amide bonds. The topological polar surface area (TPSA) is 55.6 Å². The average molecular weight is 266 g/mol. The Balaban J connectivity index is 2.14. The summed E-state index contributed by atoms with van der Waals surface area (Å²) in [4.78, 5) is 14.1. The van der Waals surface area contributed by atoms with E-state index in [0.29, 0.717) is 31.3 Å². The van der Waals surface area contributed by atoms with E-state index in [9.17, 15) is 9.18 Å². The number of rotatable bonds is 3. The Morgan fingerprint density at radius 1 is 1.47 bits per heavy atom. The lowest BCUT2D eigenvalue weighted by molar-refractivity contribution is 0.0689. The van der Waals surface area contributed by atoms with Crippen LogP contribution in [0.5, 0.6) is 5.75 Å². The number of carbonyl (C=O) groups excluding carboxylic acids is 1. The molecular weight excluding hydrogens is 247 g/mol. The SMILES string of the molecule is COc1ccc(F)cc1C(=O)N1CCC(CN)CC1. The van der Waals surface area contributed by atoms with Crippen molar-refractivity contribution in [3.8, 4) is 5.75 Å². The number of nitrogens with zero attached hydrogens (tertiary/aromatic N) is 1. The molecule has 1 aliphatic heterocycles. The number of hydrogen-bond acceptors (Lipinski definition) is 3. The molecule has 2 rings (SSSR count). The summed E-state index contributed by atoms with van der Waals surface area (Å²) < 4.78 is 18.4. The molecule has 0 aromatic heterocycles. The number of carbonyl (C=O) groups is 1. The van der Waals surface area contributed by atoms with Crippen molar-refractivity contribution in [3.63, 3.8) is 0 Å². The van der Waals surface area contributed by atoms with Crippen LogP contribution in [0, 0.1) is 11.7 Å². The van der Waals surface area contributed by atoms with Crippen LogP contribution in [0.4, 0.5) is 4.39 Å². The van der Waals surface area contributed by atoms with Crippen LogP contribution in [0.3, 0.4) is 0 Å². The Bertz CT molecular complexity index is 457. The van der Waals surface area contributed by atoms with E-state index in [-0.39, 0.29) is 11.5 Å². The van der Waals surface area contributed by atoms with Crippen LogP contribution in [0.25, 0.3) is 0 Å². The Morgan fingerprint density at radius 3 is 2.74 bits per heavy atom. The molecule has 2 N–H and O–H groups in total. The second-order valence-corrected chi connectivity index (χ2v) is 4.82. The number of likely N-dealkylation sites (tertiary alicyclic amines) is 1. The van der Waals surface area contributed by atoms with Crippen LogP contribution in [0.15, 0.2) is 18.2 Å². The maximum absolute atomic E-state index is 13.3. The van der Waals surface area contributed by atoms with Crippen LogP contribution in [0.2, 0.25) is 0 Å². The molecule has 1 heterocycles. The second-order valence-electron chi connectivity index (χ2n) is 4.82. The Hall–Kier alpha value is -1.62. The summed E-state index contributed by atoms with van der Waals surface area (Å²) in [5.74, 6) is 0.290. The molecule has 0 atom stereocenters. The Kier molecular flexibility index (Phi) is 4.37. The number of amides is 1. The van der Waals surface area contributed by atoms with E-state index in [1.165, 1.54) is 25.3 Å². The maximum Gasteiger partial charge on any atom is 0.257 e. The zero-order valence-electron chi connectivity index (χ0n) is 11.1. The Labute approximate surface area is 112 Å². The third-order valence-electron chi connectivity index (χ3n) is 3.63. The van der Waals surface area contributed by atoms with Gasteiger partial charge in [0.2, 0.25) is 0 Å². The summed E-state index contributed by atoms with van der Waals surface area (Å²) in [6.45, 7) is 1.99. The number of hydrogen-bond donors (Lipinski definition) is 1. The molecule has 104 valence electrons. The zero-order valence-corrected chi connectivity index (χ0v) is 11.1. The molecule has 1 aromatic rings. The minimum absolute atomic E-state index is 0.174. The van der Waals surface area contributed by atoms with Crippen molar-refractivity contribution in [2.24, 2.45) is 11.7 Å². The van der Waals surface area contributed by atoms with Crippen LogP contribution in [0.1, 0.15) is 23.2 Å². The monoisotopic (exact) mass is 266 g/mol. The van der Waals surface area contributed by atoms with Gasteiger partial charge in [0, 0.05) is 13.1 Å². The molecule has 1 fully saturated rings. The van der Waals surface area contributed by atoms with Crippen molar-refractivity contribution in [2.75, 3.05) is 26.7 Å². The molecule has 0 bridgehead atoms. The van der Waals surface area contributed by atoms with E-state index in [2.05, 4.69) is 0 Å². The van der Waals surface area contributed by atoms with Gasteiger partial charge in [-0.05, 0) is 43.5 Å². The predicted octanol–water partition coefficient (Wildman–Crippen LogP) is 1.65. The van der Waals surface area contributed by atoms with Crippen molar-refractivity contribution in [2.45, 2.75) is 12.8 Å². The molecule has 1 aromatic carbocycles. The van der Waals surface area contributed by atoms with Gasteiger partial charge in [0.15, 0.2) is 0 Å². The van der Waals surface area contributed by atoms with E-state index < -0.39 is 5.82 Å². The quantitative estimate of drug-likeness (QED) is 0.905. The largest absolute Gasteiger partial charge is 0.496 e. The van der Waals surface area contributed by atoms with Crippen molar-refractivity contribution >= 4 is 5.91 Å². The van der Waals surface area contributed by atoms with Gasteiger partial charge in [0.05, 0.1) is 12.7 Å². The molecule has 0 radical (unpaired) electrons. The minimum Gasteiger partial charge on any atom is -0.496 e. The third kappa shape index (κ3) is 3.04. The zero-order chi connectivity index (χ0) is 13.8. The van der Waals surface area contributed by atoms with Crippen LogP contribution >= 0.6 is 0 Å². The normalized spacial score (nSPS) is 16.5. The highest BCUT2D eigenvalue weighted by Crippen LogP contribution is 2.24. The maximum atomic E-state index is 13.3. The number of ether oxygens (including phenoxy) is 1. The number of methoxy groups -OCH3 is 1. The molecule has 0 saturated carbocycles. The second kappa shape index (κ2) is 6.02. The van der Waals surface area contributed by atoms with Gasteiger partial charge in [0.25, 0.3) is 5.91 Å². The summed E-state index contributed by atoms with van der Waals surface area (Å²) in [6.07, 6.45) is 1.81. The van der Waals surface area contributed by atoms with E-state index >= 15 is 0 Å². The van der Waals surface area contributed by atoms with Gasteiger partial charge in [-0.25, -0.2) is 4.39 Å². The first-order chi connectivity index (χ1) is 9.15. The van der Waals surface area contributed by atoms with E-state index in [0.717, 1.165) is 12.8 Å². The van der Waals surface area contributed by atoms with Crippen molar-refractivity contribution in [1.82, 2.24) is 4.90 Å². The number of benzene rings is 1. The lowest BCUT2D eigenvalue weighted by Gasteiger charge is -2.31. The Morgan fingerprint density at radius 2 is 2.16 bits per heavy atom. The van der Waals surface area contributed by atoms with Crippen LogP contribution in [-0.2, 0) is 0 Å². The fourth-order valence-corrected chi connectivity index (χ4v) is 2.39. The molecule has 1 saturated heterocycles. The molecule has 0 unspecified atom stereocenters. The summed E-state index contributed by atoms with van der Waals surface area (Å²) in [5, 5.41) is 0. The highest BCUT2D eigenvalue weighted by Gasteiger charge is 2.25. The molecular formula is C14H19FN2O2. The predicted molar refractivity (Wildman–Crippen MR) is 70.6 cm³/mol. The summed E-state index contributed by atoms with van der Waals surface area (Å²) in [7, 11) is 1.48. The molecule has 0 aliphatic carbocycles. The first kappa shape index (κ1) is 13.8. The smallest absolute Gasteiger partial charge is 0.257 e. The summed E-state index contributed by atoms with van der Waals surface area (Å²) in [6, 6.07) is 4.00. The van der Waals surface area contributed by atoms with Gasteiger partial charge in [0.1, 0.15) is 11.6 Å².